The summed E-state index contributed by atoms with van der Waals surface area (Å²) >= 11 is 0. The summed E-state index contributed by atoms with van der Waals surface area (Å²) in [4.78, 5) is 12.1. The van der Waals surface area contributed by atoms with Crippen molar-refractivity contribution < 1.29 is 18.7 Å². The zero-order chi connectivity index (χ0) is 15.5. The lowest BCUT2D eigenvalue weighted by Gasteiger charge is -2.05. The second-order valence-electron chi connectivity index (χ2n) is 4.83. The number of fused-ring (bicyclic) bond motifs is 1. The lowest BCUT2D eigenvalue weighted by Crippen LogP contribution is -2.05. The van der Waals surface area contributed by atoms with Gasteiger partial charge in [-0.05, 0) is 44.2 Å². The Morgan fingerprint density at radius 3 is 2.59 bits per heavy atom. The van der Waals surface area contributed by atoms with Crippen LogP contribution in [0.25, 0.3) is 11.0 Å². The van der Waals surface area contributed by atoms with E-state index in [0.717, 1.165) is 5.75 Å². The highest BCUT2D eigenvalue weighted by molar-refractivity contribution is 6.04. The van der Waals surface area contributed by atoms with Crippen LogP contribution in [0.15, 0.2) is 52.9 Å². The lowest BCUT2D eigenvalue weighted by molar-refractivity contribution is 0.0526. The number of aryl methyl sites for hydroxylation is 1. The Bertz CT molecular complexity index is 803. The lowest BCUT2D eigenvalue weighted by atomic mass is 10.1. The van der Waals surface area contributed by atoms with Crippen molar-refractivity contribution in [3.05, 3.63) is 59.9 Å². The van der Waals surface area contributed by atoms with Gasteiger partial charge < -0.3 is 13.9 Å². The third-order valence-electron chi connectivity index (χ3n) is 3.29. The molecule has 4 nitrogen and oxygen atoms in total. The van der Waals surface area contributed by atoms with Crippen LogP contribution in [0.3, 0.4) is 0 Å². The molecule has 4 heteroatoms. The molecule has 0 fully saturated rings. The van der Waals surface area contributed by atoms with Crippen LogP contribution in [0, 0.1) is 6.92 Å². The predicted molar refractivity (Wildman–Crippen MR) is 83.4 cm³/mol. The van der Waals surface area contributed by atoms with Gasteiger partial charge in [-0.2, -0.15) is 0 Å². The zero-order valence-electron chi connectivity index (χ0n) is 12.5. The van der Waals surface area contributed by atoms with Gasteiger partial charge in [0.25, 0.3) is 0 Å². The van der Waals surface area contributed by atoms with Crippen molar-refractivity contribution in [3.63, 3.8) is 0 Å². The van der Waals surface area contributed by atoms with Crippen molar-refractivity contribution in [3.8, 4) is 11.5 Å². The van der Waals surface area contributed by atoms with Gasteiger partial charge in [-0.25, -0.2) is 4.79 Å². The Labute approximate surface area is 128 Å². The van der Waals surface area contributed by atoms with E-state index in [4.69, 9.17) is 13.9 Å². The van der Waals surface area contributed by atoms with Gasteiger partial charge in [-0.3, -0.25) is 0 Å². The Kier molecular flexibility index (Phi) is 3.83. The molecule has 3 aromatic rings. The van der Waals surface area contributed by atoms with Crippen LogP contribution >= 0.6 is 0 Å². The second kappa shape index (κ2) is 5.93. The van der Waals surface area contributed by atoms with E-state index in [0.29, 0.717) is 34.6 Å². The summed E-state index contributed by atoms with van der Waals surface area (Å²) in [7, 11) is 0. The van der Waals surface area contributed by atoms with Crippen LogP contribution in [-0.2, 0) is 4.74 Å². The molecule has 0 spiro atoms. The van der Waals surface area contributed by atoms with Gasteiger partial charge in [-0.15, -0.1) is 0 Å². The molecule has 1 heterocycles. The highest BCUT2D eigenvalue weighted by atomic mass is 16.5. The standard InChI is InChI=1S/C18H16O4/c1-3-20-18(19)17-12(2)21-16-10-9-14(11-15(16)17)22-13-7-5-4-6-8-13/h4-11H,3H2,1-2H3. The first-order valence-corrected chi connectivity index (χ1v) is 7.12. The van der Waals surface area contributed by atoms with Gasteiger partial charge in [0.05, 0.1) is 6.61 Å². The summed E-state index contributed by atoms with van der Waals surface area (Å²) in [6, 6.07) is 14.9. The number of rotatable bonds is 4. The Morgan fingerprint density at radius 1 is 1.09 bits per heavy atom. The number of hydrogen-bond donors (Lipinski definition) is 0. The van der Waals surface area contributed by atoms with E-state index in [9.17, 15) is 4.79 Å². The Morgan fingerprint density at radius 2 is 1.86 bits per heavy atom. The molecule has 1 aromatic heterocycles. The summed E-state index contributed by atoms with van der Waals surface area (Å²) in [6.07, 6.45) is 0. The number of carbonyl (C=O) groups is 1. The number of ether oxygens (including phenoxy) is 2. The number of para-hydroxylation sites is 1. The van der Waals surface area contributed by atoms with Crippen LogP contribution in [0.1, 0.15) is 23.0 Å². The third-order valence-corrected chi connectivity index (χ3v) is 3.29. The molecule has 112 valence electrons. The van der Waals surface area contributed by atoms with Crippen molar-refractivity contribution in [2.24, 2.45) is 0 Å². The van der Waals surface area contributed by atoms with Gasteiger partial charge in [0.1, 0.15) is 28.4 Å². The minimum absolute atomic E-state index is 0.325. The molecule has 0 bridgehead atoms. The van der Waals surface area contributed by atoms with E-state index < -0.39 is 0 Å². The van der Waals surface area contributed by atoms with E-state index in [1.54, 1.807) is 26.0 Å². The second-order valence-corrected chi connectivity index (χ2v) is 4.83. The molecule has 0 N–H and O–H groups in total. The number of benzene rings is 2. The summed E-state index contributed by atoms with van der Waals surface area (Å²) in [5.41, 5.74) is 1.09. The minimum Gasteiger partial charge on any atom is -0.462 e. The molecule has 0 saturated heterocycles. The number of furan rings is 1. The van der Waals surface area contributed by atoms with Gasteiger partial charge in [0.2, 0.25) is 0 Å². The fourth-order valence-corrected chi connectivity index (χ4v) is 2.34. The summed E-state index contributed by atoms with van der Waals surface area (Å²) in [5.74, 6) is 1.55. The molecule has 2 aromatic carbocycles. The fraction of sp³-hybridized carbons (Fsp3) is 0.167. The Balaban J connectivity index is 2.01. The maximum Gasteiger partial charge on any atom is 0.342 e. The molecule has 22 heavy (non-hydrogen) atoms. The average molecular weight is 296 g/mol. The van der Waals surface area contributed by atoms with Gasteiger partial charge in [-0.1, -0.05) is 18.2 Å². The fourth-order valence-electron chi connectivity index (χ4n) is 2.34. The molecular weight excluding hydrogens is 280 g/mol. The molecule has 0 aliphatic heterocycles. The number of hydrogen-bond acceptors (Lipinski definition) is 4. The molecule has 0 radical (unpaired) electrons. The quantitative estimate of drug-likeness (QED) is 0.654. The normalized spacial score (nSPS) is 10.6. The van der Waals surface area contributed by atoms with Crippen LogP contribution in [0.2, 0.25) is 0 Å². The highest BCUT2D eigenvalue weighted by Gasteiger charge is 2.19. The molecular formula is C18H16O4. The topological polar surface area (TPSA) is 48.7 Å². The minimum atomic E-state index is -0.379. The van der Waals surface area contributed by atoms with E-state index in [2.05, 4.69) is 0 Å². The monoisotopic (exact) mass is 296 g/mol. The number of carbonyl (C=O) groups excluding carboxylic acids is 1. The molecule has 0 saturated carbocycles. The molecule has 0 unspecified atom stereocenters. The van der Waals surface area contributed by atoms with Crippen molar-refractivity contribution in [2.45, 2.75) is 13.8 Å². The van der Waals surface area contributed by atoms with Crippen LogP contribution < -0.4 is 4.74 Å². The van der Waals surface area contributed by atoms with Crippen molar-refractivity contribution in [1.29, 1.82) is 0 Å². The van der Waals surface area contributed by atoms with E-state index >= 15 is 0 Å². The molecule has 0 atom stereocenters. The van der Waals surface area contributed by atoms with Crippen molar-refractivity contribution in [1.82, 2.24) is 0 Å². The van der Waals surface area contributed by atoms with Gasteiger partial charge in [0, 0.05) is 5.39 Å². The largest absolute Gasteiger partial charge is 0.462 e. The summed E-state index contributed by atoms with van der Waals surface area (Å²) in [6.45, 7) is 3.86. The smallest absolute Gasteiger partial charge is 0.342 e. The zero-order valence-corrected chi connectivity index (χ0v) is 12.5. The molecule has 3 rings (SSSR count). The Hall–Kier alpha value is -2.75. The summed E-state index contributed by atoms with van der Waals surface area (Å²) < 4.78 is 16.5. The summed E-state index contributed by atoms with van der Waals surface area (Å²) in [5, 5.41) is 0.699. The van der Waals surface area contributed by atoms with Gasteiger partial charge >= 0.3 is 5.97 Å². The molecule has 0 aliphatic carbocycles. The van der Waals surface area contributed by atoms with Crippen molar-refractivity contribution >= 4 is 16.9 Å². The van der Waals surface area contributed by atoms with E-state index in [1.807, 2.05) is 36.4 Å². The van der Waals surface area contributed by atoms with Crippen LogP contribution in [0.5, 0.6) is 11.5 Å². The highest BCUT2D eigenvalue weighted by Crippen LogP contribution is 2.31. The first kappa shape index (κ1) is 14.2. The first-order chi connectivity index (χ1) is 10.7. The molecule has 0 aliphatic rings. The van der Waals surface area contributed by atoms with Crippen LogP contribution in [0.4, 0.5) is 0 Å². The number of esters is 1. The van der Waals surface area contributed by atoms with Crippen LogP contribution in [-0.4, -0.2) is 12.6 Å². The SMILES string of the molecule is CCOC(=O)c1c(C)oc2ccc(Oc3ccccc3)cc12. The predicted octanol–water partition coefficient (Wildman–Crippen LogP) is 4.71. The molecule has 0 amide bonds. The first-order valence-electron chi connectivity index (χ1n) is 7.12. The third kappa shape index (κ3) is 2.68. The van der Waals surface area contributed by atoms with Gasteiger partial charge in [0.15, 0.2) is 0 Å². The van der Waals surface area contributed by atoms with Crippen molar-refractivity contribution in [2.75, 3.05) is 6.61 Å². The van der Waals surface area contributed by atoms with E-state index in [1.165, 1.54) is 0 Å². The maximum atomic E-state index is 12.1. The average Bonchev–Trinajstić information content (AvgIpc) is 2.84. The maximum absolute atomic E-state index is 12.1. The van der Waals surface area contributed by atoms with E-state index in [-0.39, 0.29) is 5.97 Å².